The zero-order chi connectivity index (χ0) is 19.7. The molecule has 0 fully saturated rings. The first-order valence-corrected chi connectivity index (χ1v) is 9.18. The molecule has 1 amide bonds. The molecular formula is C23H29NO3. The third-order valence-electron chi connectivity index (χ3n) is 3.90. The van der Waals surface area contributed by atoms with Gasteiger partial charge in [-0.25, -0.2) is 4.79 Å². The Morgan fingerprint density at radius 2 is 1.67 bits per heavy atom. The molecule has 1 atom stereocenters. The Bertz CT molecular complexity index is 707. The summed E-state index contributed by atoms with van der Waals surface area (Å²) in [4.78, 5) is 14.5. The lowest BCUT2D eigenvalue weighted by atomic mass is 10.1. The summed E-state index contributed by atoms with van der Waals surface area (Å²) in [7, 11) is 0. The monoisotopic (exact) mass is 367 g/mol. The van der Waals surface area contributed by atoms with E-state index in [1.807, 2.05) is 81.4 Å². The molecule has 0 saturated carbocycles. The van der Waals surface area contributed by atoms with Crippen LogP contribution < -0.4 is 0 Å². The molecule has 1 unspecified atom stereocenters. The van der Waals surface area contributed by atoms with Crippen LogP contribution >= 0.6 is 0 Å². The van der Waals surface area contributed by atoms with Crippen molar-refractivity contribution >= 4 is 6.09 Å². The quantitative estimate of drug-likeness (QED) is 0.589. The van der Waals surface area contributed by atoms with Gasteiger partial charge >= 0.3 is 6.09 Å². The summed E-state index contributed by atoms with van der Waals surface area (Å²) in [6.45, 7) is 10.6. The van der Waals surface area contributed by atoms with E-state index >= 15 is 0 Å². The van der Waals surface area contributed by atoms with Crippen LogP contribution in [0.5, 0.6) is 0 Å². The number of carbonyl (C=O) groups is 1. The lowest BCUT2D eigenvalue weighted by molar-refractivity contribution is 0.00151. The van der Waals surface area contributed by atoms with E-state index in [0.717, 1.165) is 11.1 Å². The minimum atomic E-state index is -0.567. The Kier molecular flexibility index (Phi) is 7.62. The largest absolute Gasteiger partial charge is 0.444 e. The molecule has 0 aliphatic rings. The smallest absolute Gasteiger partial charge is 0.411 e. The Balaban J connectivity index is 2.18. The number of benzene rings is 2. The molecule has 4 heteroatoms. The number of ether oxygens (including phenoxy) is 2. The molecule has 0 aromatic heterocycles. The molecule has 4 nitrogen and oxygen atoms in total. The standard InChI is InChI=1S/C23H29NO3/c1-5-16-24(22(25)27-23(2,3)4)21(20-14-10-7-11-15-20)18-26-17-19-12-8-6-9-13-19/h5-15,21H,1,16-18H2,2-4H3. The number of nitrogens with zero attached hydrogens (tertiary/aromatic N) is 1. The van der Waals surface area contributed by atoms with Gasteiger partial charge in [-0.15, -0.1) is 6.58 Å². The van der Waals surface area contributed by atoms with Gasteiger partial charge in [-0.1, -0.05) is 66.7 Å². The molecule has 0 aliphatic heterocycles. The average Bonchev–Trinajstić information content (AvgIpc) is 2.64. The number of carbonyl (C=O) groups excluding carboxylic acids is 1. The Morgan fingerprint density at radius 1 is 1.07 bits per heavy atom. The molecule has 2 aromatic rings. The summed E-state index contributed by atoms with van der Waals surface area (Å²) >= 11 is 0. The van der Waals surface area contributed by atoms with Crippen LogP contribution in [0, 0.1) is 0 Å². The maximum Gasteiger partial charge on any atom is 0.411 e. The van der Waals surface area contributed by atoms with E-state index in [9.17, 15) is 4.79 Å². The lowest BCUT2D eigenvalue weighted by Gasteiger charge is -2.33. The van der Waals surface area contributed by atoms with Gasteiger partial charge in [-0.3, -0.25) is 4.90 Å². The highest BCUT2D eigenvalue weighted by Crippen LogP contribution is 2.24. The zero-order valence-electron chi connectivity index (χ0n) is 16.4. The molecule has 0 N–H and O–H groups in total. The Hall–Kier alpha value is -2.59. The van der Waals surface area contributed by atoms with E-state index in [-0.39, 0.29) is 12.1 Å². The van der Waals surface area contributed by atoms with Crippen LogP contribution in [0.3, 0.4) is 0 Å². The van der Waals surface area contributed by atoms with Crippen molar-refractivity contribution in [1.82, 2.24) is 4.90 Å². The predicted molar refractivity (Wildman–Crippen MR) is 108 cm³/mol. The van der Waals surface area contributed by atoms with Crippen LogP contribution in [0.15, 0.2) is 73.3 Å². The molecule has 144 valence electrons. The maximum absolute atomic E-state index is 12.8. The third-order valence-corrected chi connectivity index (χ3v) is 3.90. The van der Waals surface area contributed by atoms with Gasteiger partial charge in [0.15, 0.2) is 0 Å². The van der Waals surface area contributed by atoms with Crippen LogP contribution in [-0.2, 0) is 16.1 Å². The van der Waals surface area contributed by atoms with Crippen molar-refractivity contribution in [3.63, 3.8) is 0 Å². The van der Waals surface area contributed by atoms with Crippen LogP contribution in [0.1, 0.15) is 37.9 Å². The SMILES string of the molecule is C=CCN(C(=O)OC(C)(C)C)C(COCc1ccccc1)c1ccccc1. The minimum Gasteiger partial charge on any atom is -0.444 e. The summed E-state index contributed by atoms with van der Waals surface area (Å²) in [5.74, 6) is 0. The topological polar surface area (TPSA) is 38.8 Å². The van der Waals surface area contributed by atoms with Gasteiger partial charge in [0.25, 0.3) is 0 Å². The first kappa shape index (κ1) is 20.7. The van der Waals surface area contributed by atoms with Gasteiger partial charge in [0, 0.05) is 6.54 Å². The fourth-order valence-corrected chi connectivity index (χ4v) is 2.69. The van der Waals surface area contributed by atoms with E-state index in [4.69, 9.17) is 9.47 Å². The fraction of sp³-hybridized carbons (Fsp3) is 0.348. The number of hydrogen-bond donors (Lipinski definition) is 0. The maximum atomic E-state index is 12.8. The highest BCUT2D eigenvalue weighted by Gasteiger charge is 2.28. The van der Waals surface area contributed by atoms with Crippen molar-refractivity contribution in [1.29, 1.82) is 0 Å². The van der Waals surface area contributed by atoms with E-state index in [2.05, 4.69) is 6.58 Å². The highest BCUT2D eigenvalue weighted by molar-refractivity contribution is 5.69. The fourth-order valence-electron chi connectivity index (χ4n) is 2.69. The molecule has 0 heterocycles. The van der Waals surface area contributed by atoms with Crippen molar-refractivity contribution in [3.8, 4) is 0 Å². The summed E-state index contributed by atoms with van der Waals surface area (Å²) in [5.41, 5.74) is 1.53. The third kappa shape index (κ3) is 6.91. The second-order valence-electron chi connectivity index (χ2n) is 7.35. The van der Waals surface area contributed by atoms with E-state index in [1.54, 1.807) is 11.0 Å². The van der Waals surface area contributed by atoms with E-state index in [1.165, 1.54) is 0 Å². The Morgan fingerprint density at radius 3 is 2.22 bits per heavy atom. The second kappa shape index (κ2) is 9.93. The average molecular weight is 367 g/mol. The van der Waals surface area contributed by atoms with E-state index in [0.29, 0.717) is 19.8 Å². The minimum absolute atomic E-state index is 0.261. The molecule has 0 bridgehead atoms. The van der Waals surface area contributed by atoms with Crippen molar-refractivity contribution in [3.05, 3.63) is 84.4 Å². The molecule has 2 rings (SSSR count). The normalized spacial score (nSPS) is 12.3. The zero-order valence-corrected chi connectivity index (χ0v) is 16.4. The molecule has 27 heavy (non-hydrogen) atoms. The Labute approximate surface area is 162 Å². The van der Waals surface area contributed by atoms with Gasteiger partial charge in [0.2, 0.25) is 0 Å². The van der Waals surface area contributed by atoms with Gasteiger partial charge < -0.3 is 9.47 Å². The molecule has 0 radical (unpaired) electrons. The van der Waals surface area contributed by atoms with Gasteiger partial charge in [-0.05, 0) is 31.9 Å². The summed E-state index contributed by atoms with van der Waals surface area (Å²) in [6.07, 6.45) is 1.33. The van der Waals surface area contributed by atoms with Crippen molar-refractivity contribution in [2.45, 2.75) is 39.0 Å². The van der Waals surface area contributed by atoms with Crippen LogP contribution in [0.25, 0.3) is 0 Å². The van der Waals surface area contributed by atoms with Crippen LogP contribution in [0.4, 0.5) is 4.79 Å². The summed E-state index contributed by atoms with van der Waals surface area (Å²) in [6, 6.07) is 19.6. The van der Waals surface area contributed by atoms with Gasteiger partial charge in [0.05, 0.1) is 19.3 Å². The first-order chi connectivity index (χ1) is 12.9. The van der Waals surface area contributed by atoms with Gasteiger partial charge in [0.1, 0.15) is 5.60 Å². The number of rotatable bonds is 8. The molecule has 2 aromatic carbocycles. The van der Waals surface area contributed by atoms with Crippen molar-refractivity contribution < 1.29 is 14.3 Å². The summed E-state index contributed by atoms with van der Waals surface area (Å²) < 4.78 is 11.6. The molecular weight excluding hydrogens is 338 g/mol. The second-order valence-corrected chi connectivity index (χ2v) is 7.35. The molecule has 0 saturated heterocycles. The van der Waals surface area contributed by atoms with Crippen molar-refractivity contribution in [2.75, 3.05) is 13.2 Å². The molecule has 0 aliphatic carbocycles. The van der Waals surface area contributed by atoms with Crippen LogP contribution in [0.2, 0.25) is 0 Å². The lowest BCUT2D eigenvalue weighted by Crippen LogP contribution is -2.41. The molecule has 0 spiro atoms. The number of hydrogen-bond acceptors (Lipinski definition) is 3. The first-order valence-electron chi connectivity index (χ1n) is 9.18. The van der Waals surface area contributed by atoms with Crippen LogP contribution in [-0.4, -0.2) is 29.7 Å². The predicted octanol–water partition coefficient (Wildman–Crippen LogP) is 5.37. The van der Waals surface area contributed by atoms with E-state index < -0.39 is 5.60 Å². The van der Waals surface area contributed by atoms with Gasteiger partial charge in [-0.2, -0.15) is 0 Å². The summed E-state index contributed by atoms with van der Waals surface area (Å²) in [5, 5.41) is 0. The number of amides is 1. The highest BCUT2D eigenvalue weighted by atomic mass is 16.6. The van der Waals surface area contributed by atoms with Crippen molar-refractivity contribution in [2.24, 2.45) is 0 Å².